The third kappa shape index (κ3) is 2.34. The summed E-state index contributed by atoms with van der Waals surface area (Å²) in [6.45, 7) is 0.425. The fourth-order valence-electron chi connectivity index (χ4n) is 2.52. The minimum absolute atomic E-state index is 0.0660. The Bertz CT molecular complexity index is 501. The maximum absolute atomic E-state index is 12.5. The fourth-order valence-corrected chi connectivity index (χ4v) is 5.14. The molecular formula is C12H16ClNO2S. The Morgan fingerprint density at radius 3 is 2.65 bits per heavy atom. The van der Waals surface area contributed by atoms with E-state index >= 15 is 0 Å². The molecule has 1 saturated carbocycles. The van der Waals surface area contributed by atoms with Gasteiger partial charge in [-0.2, -0.15) is 0 Å². The van der Waals surface area contributed by atoms with E-state index in [1.807, 2.05) is 0 Å². The summed E-state index contributed by atoms with van der Waals surface area (Å²) < 4.78 is 25.0. The Morgan fingerprint density at radius 2 is 2.00 bits per heavy atom. The van der Waals surface area contributed by atoms with Crippen molar-refractivity contribution in [3.05, 3.63) is 29.3 Å². The molecule has 0 saturated heterocycles. The lowest BCUT2D eigenvalue weighted by molar-refractivity contribution is 0.524. The first-order chi connectivity index (χ1) is 8.07. The van der Waals surface area contributed by atoms with E-state index in [9.17, 15) is 8.42 Å². The summed E-state index contributed by atoms with van der Waals surface area (Å²) >= 11 is 5.97. The number of benzene rings is 1. The summed E-state index contributed by atoms with van der Waals surface area (Å²) in [6, 6.07) is 6.62. The van der Waals surface area contributed by atoms with Gasteiger partial charge in [0.15, 0.2) is 9.84 Å². The number of rotatable bonds is 3. The zero-order chi connectivity index (χ0) is 12.5. The number of hydrogen-bond acceptors (Lipinski definition) is 3. The molecule has 2 N–H and O–H groups in total. The van der Waals surface area contributed by atoms with Crippen LogP contribution in [0.25, 0.3) is 0 Å². The highest BCUT2D eigenvalue weighted by molar-refractivity contribution is 7.92. The molecule has 94 valence electrons. The minimum Gasteiger partial charge on any atom is -0.330 e. The lowest BCUT2D eigenvalue weighted by atomic mass is 10.1. The summed E-state index contributed by atoms with van der Waals surface area (Å²) in [6.07, 6.45) is 2.51. The molecule has 3 nitrogen and oxygen atoms in total. The third-order valence-electron chi connectivity index (χ3n) is 3.43. The van der Waals surface area contributed by atoms with Crippen LogP contribution in [0.5, 0.6) is 0 Å². The molecule has 1 aliphatic carbocycles. The van der Waals surface area contributed by atoms with E-state index in [0.29, 0.717) is 18.0 Å². The number of hydrogen-bond donors (Lipinski definition) is 1. The second kappa shape index (κ2) is 4.96. The zero-order valence-corrected chi connectivity index (χ0v) is 11.0. The Morgan fingerprint density at radius 1 is 1.29 bits per heavy atom. The van der Waals surface area contributed by atoms with Crippen LogP contribution < -0.4 is 5.73 Å². The maximum Gasteiger partial charge on any atom is 0.183 e. The molecule has 2 rings (SSSR count). The van der Waals surface area contributed by atoms with Crippen LogP contribution in [0, 0.1) is 5.92 Å². The largest absolute Gasteiger partial charge is 0.330 e. The van der Waals surface area contributed by atoms with E-state index in [0.717, 1.165) is 12.8 Å². The van der Waals surface area contributed by atoms with Gasteiger partial charge in [-0.25, -0.2) is 8.42 Å². The third-order valence-corrected chi connectivity index (χ3v) is 6.26. The summed E-state index contributed by atoms with van der Waals surface area (Å²) in [7, 11) is -3.34. The van der Waals surface area contributed by atoms with Crippen LogP contribution in [0.3, 0.4) is 0 Å². The van der Waals surface area contributed by atoms with Gasteiger partial charge in [0.05, 0.1) is 15.2 Å². The predicted octanol–water partition coefficient (Wildman–Crippen LogP) is 2.24. The Balaban J connectivity index is 2.40. The van der Waals surface area contributed by atoms with E-state index in [2.05, 4.69) is 0 Å². The van der Waals surface area contributed by atoms with Crippen molar-refractivity contribution in [1.29, 1.82) is 0 Å². The molecule has 5 heteroatoms. The topological polar surface area (TPSA) is 60.2 Å². The molecule has 2 unspecified atom stereocenters. The van der Waals surface area contributed by atoms with Gasteiger partial charge in [-0.1, -0.05) is 30.2 Å². The lowest BCUT2D eigenvalue weighted by Gasteiger charge is -2.19. The standard InChI is InChI=1S/C12H16ClNO2S/c13-10-5-1-2-6-12(10)17(15,16)11-7-3-4-9(11)8-14/h1-2,5-6,9,11H,3-4,7-8,14H2. The maximum atomic E-state index is 12.5. The summed E-state index contributed by atoms with van der Waals surface area (Å²) in [4.78, 5) is 0.243. The van der Waals surface area contributed by atoms with Gasteiger partial charge in [0.2, 0.25) is 0 Å². The Hall–Kier alpha value is -0.580. The summed E-state index contributed by atoms with van der Waals surface area (Å²) in [5.74, 6) is 0.0660. The van der Waals surface area contributed by atoms with E-state index in [1.165, 1.54) is 0 Å². The molecule has 1 aliphatic rings. The van der Waals surface area contributed by atoms with Crippen LogP contribution in [0.15, 0.2) is 29.2 Å². The first kappa shape index (κ1) is 12.9. The van der Waals surface area contributed by atoms with Crippen molar-refractivity contribution in [2.75, 3.05) is 6.54 Å². The molecule has 17 heavy (non-hydrogen) atoms. The van der Waals surface area contributed by atoms with Gasteiger partial charge >= 0.3 is 0 Å². The second-order valence-electron chi connectivity index (χ2n) is 4.44. The van der Waals surface area contributed by atoms with E-state index in [1.54, 1.807) is 24.3 Å². The van der Waals surface area contributed by atoms with Crippen molar-refractivity contribution in [3.63, 3.8) is 0 Å². The van der Waals surface area contributed by atoms with E-state index in [4.69, 9.17) is 17.3 Å². The quantitative estimate of drug-likeness (QED) is 0.919. The molecule has 0 spiro atoms. The molecular weight excluding hydrogens is 258 g/mol. The highest BCUT2D eigenvalue weighted by atomic mass is 35.5. The van der Waals surface area contributed by atoms with Crippen molar-refractivity contribution in [2.24, 2.45) is 11.7 Å². The SMILES string of the molecule is NCC1CCCC1S(=O)(=O)c1ccccc1Cl. The van der Waals surface area contributed by atoms with Gasteiger partial charge in [-0.3, -0.25) is 0 Å². The first-order valence-electron chi connectivity index (χ1n) is 5.76. The molecule has 2 atom stereocenters. The number of halogens is 1. The fraction of sp³-hybridized carbons (Fsp3) is 0.500. The van der Waals surface area contributed by atoms with Crippen molar-refractivity contribution >= 4 is 21.4 Å². The predicted molar refractivity (Wildman–Crippen MR) is 68.8 cm³/mol. The van der Waals surface area contributed by atoms with Crippen molar-refractivity contribution in [3.8, 4) is 0 Å². The average Bonchev–Trinajstić information content (AvgIpc) is 2.78. The van der Waals surface area contributed by atoms with Crippen LogP contribution in [-0.4, -0.2) is 20.2 Å². The normalized spacial score (nSPS) is 25.1. The van der Waals surface area contributed by atoms with Crippen molar-refractivity contribution in [2.45, 2.75) is 29.4 Å². The smallest absolute Gasteiger partial charge is 0.183 e. The highest BCUT2D eigenvalue weighted by Crippen LogP contribution is 2.36. The van der Waals surface area contributed by atoms with Gasteiger partial charge in [-0.15, -0.1) is 0 Å². The van der Waals surface area contributed by atoms with Crippen LogP contribution in [0.4, 0.5) is 0 Å². The number of nitrogens with two attached hydrogens (primary N) is 1. The number of sulfone groups is 1. The van der Waals surface area contributed by atoms with Gasteiger partial charge in [0.25, 0.3) is 0 Å². The lowest BCUT2D eigenvalue weighted by Crippen LogP contribution is -2.30. The summed E-state index contributed by atoms with van der Waals surface area (Å²) in [5.41, 5.74) is 5.64. The van der Waals surface area contributed by atoms with Crippen molar-refractivity contribution in [1.82, 2.24) is 0 Å². The van der Waals surface area contributed by atoms with Gasteiger partial charge < -0.3 is 5.73 Å². The molecule has 1 aromatic carbocycles. The van der Waals surface area contributed by atoms with Crippen LogP contribution in [0.2, 0.25) is 5.02 Å². The van der Waals surface area contributed by atoms with Gasteiger partial charge in [0.1, 0.15) is 0 Å². The first-order valence-corrected chi connectivity index (χ1v) is 7.68. The van der Waals surface area contributed by atoms with Crippen LogP contribution in [0.1, 0.15) is 19.3 Å². The van der Waals surface area contributed by atoms with Gasteiger partial charge in [0, 0.05) is 0 Å². The molecule has 1 aromatic rings. The van der Waals surface area contributed by atoms with Crippen molar-refractivity contribution < 1.29 is 8.42 Å². The van der Waals surface area contributed by atoms with Gasteiger partial charge in [-0.05, 0) is 37.4 Å². The molecule has 0 amide bonds. The molecule has 0 aromatic heterocycles. The average molecular weight is 274 g/mol. The second-order valence-corrected chi connectivity index (χ2v) is 6.98. The molecule has 0 bridgehead atoms. The molecule has 0 radical (unpaired) electrons. The van der Waals surface area contributed by atoms with E-state index in [-0.39, 0.29) is 16.1 Å². The Kier molecular flexibility index (Phi) is 3.76. The molecule has 0 heterocycles. The summed E-state index contributed by atoms with van der Waals surface area (Å²) in [5, 5.41) is -0.0671. The van der Waals surface area contributed by atoms with Crippen LogP contribution in [-0.2, 0) is 9.84 Å². The Labute approximate surface area is 107 Å². The molecule has 0 aliphatic heterocycles. The monoisotopic (exact) mass is 273 g/mol. The minimum atomic E-state index is -3.34. The van der Waals surface area contributed by atoms with E-state index < -0.39 is 9.84 Å². The molecule has 1 fully saturated rings. The van der Waals surface area contributed by atoms with Crippen LogP contribution >= 0.6 is 11.6 Å². The zero-order valence-electron chi connectivity index (χ0n) is 9.47. The highest BCUT2D eigenvalue weighted by Gasteiger charge is 2.38.